The zero-order chi connectivity index (χ0) is 24.8. The van der Waals surface area contributed by atoms with Gasteiger partial charge in [0.2, 0.25) is 0 Å². The fraction of sp³-hybridized carbons (Fsp3) is 0.115. The van der Waals surface area contributed by atoms with Crippen molar-refractivity contribution in [2.24, 2.45) is 4.99 Å². The minimum Gasteiger partial charge on any atom is -0.483 e. The van der Waals surface area contributed by atoms with E-state index in [0.29, 0.717) is 38.2 Å². The lowest BCUT2D eigenvalue weighted by Crippen LogP contribution is -2.28. The van der Waals surface area contributed by atoms with E-state index in [-0.39, 0.29) is 24.2 Å². The molecule has 0 atom stereocenters. The van der Waals surface area contributed by atoms with Crippen molar-refractivity contribution in [2.45, 2.75) is 6.92 Å². The lowest BCUT2D eigenvalue weighted by atomic mass is 10.2. The van der Waals surface area contributed by atoms with Crippen LogP contribution >= 0.6 is 27.7 Å². The van der Waals surface area contributed by atoms with Crippen molar-refractivity contribution >= 4 is 62.1 Å². The van der Waals surface area contributed by atoms with Crippen molar-refractivity contribution in [1.29, 1.82) is 0 Å². The van der Waals surface area contributed by atoms with Gasteiger partial charge in [-0.2, -0.15) is 0 Å². The molecule has 1 fully saturated rings. The summed E-state index contributed by atoms with van der Waals surface area (Å²) in [5, 5.41) is 3.31. The SMILES string of the molecule is CCN1C(=O)/C(=C\c2ccc(OCC(=O)Nc3ccccc3)c(Br)c2)SC1=Nc1ccc(F)cc1. The highest BCUT2D eigenvalue weighted by Gasteiger charge is 2.32. The number of ether oxygens (including phenoxy) is 1. The van der Waals surface area contributed by atoms with Crippen LogP contribution in [-0.2, 0) is 9.59 Å². The number of hydrogen-bond acceptors (Lipinski definition) is 5. The Kier molecular flexibility index (Phi) is 7.99. The van der Waals surface area contributed by atoms with Gasteiger partial charge in [0.25, 0.3) is 11.8 Å². The third kappa shape index (κ3) is 6.37. The molecule has 35 heavy (non-hydrogen) atoms. The van der Waals surface area contributed by atoms with E-state index in [0.717, 1.165) is 5.56 Å². The first-order valence-electron chi connectivity index (χ1n) is 10.8. The Morgan fingerprint density at radius 2 is 1.89 bits per heavy atom. The first-order chi connectivity index (χ1) is 16.9. The number of aliphatic imine (C=N–C) groups is 1. The van der Waals surface area contributed by atoms with Crippen LogP contribution in [0.15, 0.2) is 87.2 Å². The van der Waals surface area contributed by atoms with E-state index in [9.17, 15) is 14.0 Å². The van der Waals surface area contributed by atoms with E-state index in [1.807, 2.05) is 31.2 Å². The molecule has 1 aliphatic heterocycles. The van der Waals surface area contributed by atoms with Crippen LogP contribution in [0.1, 0.15) is 12.5 Å². The molecule has 0 spiro atoms. The van der Waals surface area contributed by atoms with Crippen LogP contribution in [0.3, 0.4) is 0 Å². The summed E-state index contributed by atoms with van der Waals surface area (Å²) in [7, 11) is 0. The number of amidine groups is 1. The molecule has 2 amide bonds. The predicted octanol–water partition coefficient (Wildman–Crippen LogP) is 6.23. The smallest absolute Gasteiger partial charge is 0.266 e. The lowest BCUT2D eigenvalue weighted by molar-refractivity contribution is -0.122. The van der Waals surface area contributed by atoms with Crippen LogP contribution < -0.4 is 10.1 Å². The number of halogens is 2. The summed E-state index contributed by atoms with van der Waals surface area (Å²) in [5.41, 5.74) is 2.05. The minimum absolute atomic E-state index is 0.142. The normalized spacial score (nSPS) is 15.6. The van der Waals surface area contributed by atoms with Gasteiger partial charge in [-0.25, -0.2) is 9.38 Å². The second kappa shape index (κ2) is 11.3. The highest BCUT2D eigenvalue weighted by Crippen LogP contribution is 2.35. The standard InChI is InChI=1S/C26H21BrFN3O3S/c1-2-31-25(33)23(35-26(31)30-20-11-9-18(28)10-12-20)15-17-8-13-22(21(27)14-17)34-16-24(32)29-19-6-4-3-5-7-19/h3-15H,2,16H2,1H3,(H,29,32)/b23-15+,30-26?. The Labute approximate surface area is 215 Å². The molecular weight excluding hydrogens is 533 g/mol. The van der Waals surface area contributed by atoms with Crippen molar-refractivity contribution < 1.29 is 18.7 Å². The highest BCUT2D eigenvalue weighted by molar-refractivity contribution is 9.10. The molecule has 178 valence electrons. The fourth-order valence-corrected chi connectivity index (χ4v) is 4.81. The monoisotopic (exact) mass is 553 g/mol. The first kappa shape index (κ1) is 24.7. The number of thioether (sulfide) groups is 1. The van der Waals surface area contributed by atoms with Crippen LogP contribution in [0.5, 0.6) is 5.75 Å². The van der Waals surface area contributed by atoms with Gasteiger partial charge >= 0.3 is 0 Å². The Hall–Kier alpha value is -3.43. The summed E-state index contributed by atoms with van der Waals surface area (Å²) in [6.45, 7) is 2.19. The van der Waals surface area contributed by atoms with Crippen LogP contribution in [0.4, 0.5) is 15.8 Å². The van der Waals surface area contributed by atoms with Gasteiger partial charge in [-0.3, -0.25) is 14.5 Å². The van der Waals surface area contributed by atoms with Gasteiger partial charge in [-0.15, -0.1) is 0 Å². The van der Waals surface area contributed by atoms with Crippen molar-refractivity contribution in [1.82, 2.24) is 4.90 Å². The zero-order valence-corrected chi connectivity index (χ0v) is 21.1. The van der Waals surface area contributed by atoms with Gasteiger partial charge < -0.3 is 10.1 Å². The van der Waals surface area contributed by atoms with E-state index in [1.54, 1.807) is 47.4 Å². The number of amides is 2. The summed E-state index contributed by atoms with van der Waals surface area (Å²) in [6.07, 6.45) is 1.78. The predicted molar refractivity (Wildman–Crippen MR) is 141 cm³/mol. The first-order valence-corrected chi connectivity index (χ1v) is 12.4. The fourth-order valence-electron chi connectivity index (χ4n) is 3.23. The van der Waals surface area contributed by atoms with Crippen molar-refractivity contribution in [3.63, 3.8) is 0 Å². The van der Waals surface area contributed by atoms with Crippen LogP contribution in [0.25, 0.3) is 6.08 Å². The average molecular weight is 554 g/mol. The third-order valence-electron chi connectivity index (χ3n) is 4.93. The number of nitrogens with one attached hydrogen (secondary N) is 1. The quantitative estimate of drug-likeness (QED) is 0.352. The molecule has 4 rings (SSSR count). The summed E-state index contributed by atoms with van der Waals surface area (Å²) in [4.78, 5) is 31.6. The molecule has 1 N–H and O–H groups in total. The molecule has 9 heteroatoms. The molecule has 0 saturated carbocycles. The maximum absolute atomic E-state index is 13.2. The van der Waals surface area contributed by atoms with Gasteiger partial charge in [0, 0.05) is 12.2 Å². The van der Waals surface area contributed by atoms with Crippen molar-refractivity contribution in [3.05, 3.63) is 93.6 Å². The number of rotatable bonds is 7. The molecule has 0 aliphatic carbocycles. The molecule has 3 aromatic carbocycles. The number of benzene rings is 3. The van der Waals surface area contributed by atoms with Crippen LogP contribution in [0, 0.1) is 5.82 Å². The molecule has 6 nitrogen and oxygen atoms in total. The number of carbonyl (C=O) groups is 2. The van der Waals surface area contributed by atoms with Gasteiger partial charge in [0.15, 0.2) is 11.8 Å². The van der Waals surface area contributed by atoms with E-state index in [4.69, 9.17) is 4.74 Å². The number of anilines is 1. The largest absolute Gasteiger partial charge is 0.483 e. The maximum Gasteiger partial charge on any atom is 0.266 e. The Balaban J connectivity index is 1.44. The Morgan fingerprint density at radius 1 is 1.14 bits per heavy atom. The summed E-state index contributed by atoms with van der Waals surface area (Å²) >= 11 is 4.74. The summed E-state index contributed by atoms with van der Waals surface area (Å²) in [5.74, 6) is -0.247. The van der Waals surface area contributed by atoms with Crippen LogP contribution in [0.2, 0.25) is 0 Å². The Bertz CT molecular complexity index is 1300. The van der Waals surface area contributed by atoms with E-state index in [1.165, 1.54) is 23.9 Å². The second-order valence-corrected chi connectivity index (χ2v) is 9.29. The maximum atomic E-state index is 13.2. The molecule has 1 saturated heterocycles. The number of para-hydroxylation sites is 1. The van der Waals surface area contributed by atoms with Gasteiger partial charge in [-0.05, 0) is 94.8 Å². The van der Waals surface area contributed by atoms with Gasteiger partial charge in [0.05, 0.1) is 15.1 Å². The Morgan fingerprint density at radius 3 is 2.57 bits per heavy atom. The average Bonchev–Trinajstić information content (AvgIpc) is 3.14. The molecule has 0 radical (unpaired) electrons. The van der Waals surface area contributed by atoms with Crippen LogP contribution in [-0.4, -0.2) is 35.0 Å². The van der Waals surface area contributed by atoms with Crippen molar-refractivity contribution in [2.75, 3.05) is 18.5 Å². The number of likely N-dealkylation sites (N-methyl/N-ethyl adjacent to an activating group) is 1. The van der Waals surface area contributed by atoms with E-state index in [2.05, 4.69) is 26.2 Å². The minimum atomic E-state index is -0.341. The topological polar surface area (TPSA) is 71.0 Å². The molecule has 0 unspecified atom stereocenters. The molecule has 1 aliphatic rings. The van der Waals surface area contributed by atoms with E-state index >= 15 is 0 Å². The number of nitrogens with zero attached hydrogens (tertiary/aromatic N) is 2. The molecule has 1 heterocycles. The second-order valence-electron chi connectivity index (χ2n) is 7.42. The summed E-state index contributed by atoms with van der Waals surface area (Å²) < 4.78 is 19.5. The molecule has 0 aromatic heterocycles. The number of hydrogen-bond donors (Lipinski definition) is 1. The number of carbonyl (C=O) groups excluding carboxylic acids is 2. The highest BCUT2D eigenvalue weighted by atomic mass is 79.9. The zero-order valence-electron chi connectivity index (χ0n) is 18.7. The third-order valence-corrected chi connectivity index (χ3v) is 6.55. The lowest BCUT2D eigenvalue weighted by Gasteiger charge is -2.12. The summed E-state index contributed by atoms with van der Waals surface area (Å²) in [6, 6.07) is 20.3. The van der Waals surface area contributed by atoms with E-state index < -0.39 is 0 Å². The molecule has 0 bridgehead atoms. The molecular formula is C26H21BrFN3O3S. The van der Waals surface area contributed by atoms with Gasteiger partial charge in [0.1, 0.15) is 11.6 Å². The van der Waals surface area contributed by atoms with Crippen molar-refractivity contribution in [3.8, 4) is 5.75 Å². The van der Waals surface area contributed by atoms with Gasteiger partial charge in [-0.1, -0.05) is 24.3 Å². The molecule has 3 aromatic rings.